The van der Waals surface area contributed by atoms with Gasteiger partial charge in [0.25, 0.3) is 0 Å². The Morgan fingerprint density at radius 2 is 1.87 bits per heavy atom. The number of sulfonamides is 1. The van der Waals surface area contributed by atoms with E-state index in [-0.39, 0.29) is 29.6 Å². The molecule has 3 rings (SSSR count). The van der Waals surface area contributed by atoms with Gasteiger partial charge in [0.1, 0.15) is 10.6 Å². The van der Waals surface area contributed by atoms with Crippen molar-refractivity contribution < 1.29 is 17.9 Å². The Kier molecular flexibility index (Phi) is 7.52. The minimum atomic E-state index is -3.86. The van der Waals surface area contributed by atoms with E-state index in [9.17, 15) is 13.2 Å². The Balaban J connectivity index is 1.71. The lowest BCUT2D eigenvalue weighted by atomic mass is 9.99. The van der Waals surface area contributed by atoms with Crippen molar-refractivity contribution in [3.63, 3.8) is 0 Å². The first-order valence-electron chi connectivity index (χ1n) is 9.27. The minimum Gasteiger partial charge on any atom is -0.495 e. The fourth-order valence-corrected chi connectivity index (χ4v) is 5.78. The molecule has 1 fully saturated rings. The standard InChI is InChI=1S/C20H21Cl3N2O4S/c1-29-18-7-6-16(22)10-19(18)30(27,28)25-8-2-3-14(12-25)20(26)24-11-13-4-5-15(21)9-17(13)23/h4-7,9-10,14H,2-3,8,11-12H2,1H3,(H,24,26)/t14-/m0/s1. The average molecular weight is 492 g/mol. The van der Waals surface area contributed by atoms with Crippen molar-refractivity contribution in [1.29, 1.82) is 0 Å². The third kappa shape index (κ3) is 5.21. The Morgan fingerprint density at radius 3 is 2.57 bits per heavy atom. The van der Waals surface area contributed by atoms with Crippen LogP contribution in [0.1, 0.15) is 18.4 Å². The summed E-state index contributed by atoms with van der Waals surface area (Å²) >= 11 is 18.0. The van der Waals surface area contributed by atoms with Gasteiger partial charge in [-0.2, -0.15) is 4.31 Å². The number of rotatable bonds is 6. The molecule has 2 aromatic rings. The number of methoxy groups -OCH3 is 1. The number of piperidine rings is 1. The van der Waals surface area contributed by atoms with Crippen molar-refractivity contribution in [2.75, 3.05) is 20.2 Å². The van der Waals surface area contributed by atoms with Crippen LogP contribution in [0.15, 0.2) is 41.3 Å². The second kappa shape index (κ2) is 9.75. The zero-order valence-electron chi connectivity index (χ0n) is 16.2. The van der Waals surface area contributed by atoms with Crippen LogP contribution in [0.3, 0.4) is 0 Å². The normalized spacial score (nSPS) is 17.5. The molecule has 1 amide bonds. The van der Waals surface area contributed by atoms with Crippen molar-refractivity contribution in [3.8, 4) is 5.75 Å². The van der Waals surface area contributed by atoms with E-state index in [0.29, 0.717) is 34.5 Å². The van der Waals surface area contributed by atoms with E-state index in [1.54, 1.807) is 24.3 Å². The Morgan fingerprint density at radius 1 is 1.17 bits per heavy atom. The van der Waals surface area contributed by atoms with Crippen LogP contribution in [-0.2, 0) is 21.4 Å². The first-order chi connectivity index (χ1) is 14.2. The fraction of sp³-hybridized carbons (Fsp3) is 0.350. The number of carbonyl (C=O) groups is 1. The zero-order chi connectivity index (χ0) is 21.9. The lowest BCUT2D eigenvalue weighted by Gasteiger charge is -2.31. The number of nitrogens with zero attached hydrogens (tertiary/aromatic N) is 1. The summed E-state index contributed by atoms with van der Waals surface area (Å²) in [6.45, 7) is 0.642. The number of halogens is 3. The highest BCUT2D eigenvalue weighted by Crippen LogP contribution is 2.32. The molecule has 0 radical (unpaired) electrons. The van der Waals surface area contributed by atoms with Gasteiger partial charge >= 0.3 is 0 Å². The summed E-state index contributed by atoms with van der Waals surface area (Å²) < 4.78 is 32.8. The molecule has 162 valence electrons. The molecule has 2 aromatic carbocycles. The minimum absolute atomic E-state index is 0.00787. The van der Waals surface area contributed by atoms with Gasteiger partial charge < -0.3 is 10.1 Å². The summed E-state index contributed by atoms with van der Waals surface area (Å²) in [4.78, 5) is 12.7. The van der Waals surface area contributed by atoms with Gasteiger partial charge in [0.05, 0.1) is 13.0 Å². The second-order valence-electron chi connectivity index (χ2n) is 6.95. The average Bonchev–Trinajstić information content (AvgIpc) is 2.73. The molecule has 0 unspecified atom stereocenters. The van der Waals surface area contributed by atoms with Crippen LogP contribution in [0.25, 0.3) is 0 Å². The van der Waals surface area contributed by atoms with Gasteiger partial charge in [-0.25, -0.2) is 8.42 Å². The van der Waals surface area contributed by atoms with E-state index < -0.39 is 15.9 Å². The van der Waals surface area contributed by atoms with Crippen LogP contribution in [-0.4, -0.2) is 38.8 Å². The quantitative estimate of drug-likeness (QED) is 0.651. The molecule has 0 saturated carbocycles. The van der Waals surface area contributed by atoms with Crippen LogP contribution < -0.4 is 10.1 Å². The third-order valence-electron chi connectivity index (χ3n) is 4.97. The molecule has 1 atom stereocenters. The number of amides is 1. The van der Waals surface area contributed by atoms with E-state index in [4.69, 9.17) is 39.5 Å². The highest BCUT2D eigenvalue weighted by molar-refractivity contribution is 7.89. The summed E-state index contributed by atoms with van der Waals surface area (Å²) in [5, 5.41) is 4.11. The van der Waals surface area contributed by atoms with Crippen molar-refractivity contribution in [2.45, 2.75) is 24.3 Å². The number of benzene rings is 2. The number of carbonyl (C=O) groups excluding carboxylic acids is 1. The number of nitrogens with one attached hydrogen (secondary N) is 1. The van der Waals surface area contributed by atoms with Crippen LogP contribution in [0.5, 0.6) is 5.75 Å². The molecule has 1 heterocycles. The van der Waals surface area contributed by atoms with Crippen LogP contribution in [0.2, 0.25) is 15.1 Å². The molecule has 0 aromatic heterocycles. The van der Waals surface area contributed by atoms with Crippen molar-refractivity contribution in [2.24, 2.45) is 5.92 Å². The zero-order valence-corrected chi connectivity index (χ0v) is 19.3. The summed E-state index contributed by atoms with van der Waals surface area (Å²) in [5.41, 5.74) is 0.735. The van der Waals surface area contributed by atoms with Gasteiger partial charge in [-0.05, 0) is 48.7 Å². The summed E-state index contributed by atoms with van der Waals surface area (Å²) in [6.07, 6.45) is 1.17. The van der Waals surface area contributed by atoms with E-state index in [2.05, 4.69) is 5.32 Å². The molecule has 1 saturated heterocycles. The van der Waals surface area contributed by atoms with Crippen molar-refractivity contribution in [1.82, 2.24) is 9.62 Å². The molecule has 6 nitrogen and oxygen atoms in total. The molecule has 1 N–H and O–H groups in total. The van der Waals surface area contributed by atoms with E-state index in [1.165, 1.54) is 23.5 Å². The maximum absolute atomic E-state index is 13.2. The predicted molar refractivity (Wildman–Crippen MR) is 118 cm³/mol. The van der Waals surface area contributed by atoms with Gasteiger partial charge in [-0.1, -0.05) is 40.9 Å². The highest BCUT2D eigenvalue weighted by atomic mass is 35.5. The fourth-order valence-electron chi connectivity index (χ4n) is 3.36. The van der Waals surface area contributed by atoms with E-state index in [1.807, 2.05) is 0 Å². The largest absolute Gasteiger partial charge is 0.495 e. The van der Waals surface area contributed by atoms with Gasteiger partial charge in [-0.15, -0.1) is 0 Å². The topological polar surface area (TPSA) is 75.7 Å². The molecule has 0 aliphatic carbocycles. The van der Waals surface area contributed by atoms with Crippen LogP contribution in [0.4, 0.5) is 0 Å². The first-order valence-corrected chi connectivity index (χ1v) is 11.8. The molecule has 1 aliphatic rings. The Hall–Kier alpha value is -1.51. The number of hydrogen-bond acceptors (Lipinski definition) is 4. The summed E-state index contributed by atoms with van der Waals surface area (Å²) in [7, 11) is -2.46. The van der Waals surface area contributed by atoms with Gasteiger partial charge in [0.15, 0.2) is 0 Å². The van der Waals surface area contributed by atoms with Crippen LogP contribution in [0, 0.1) is 5.92 Å². The SMILES string of the molecule is COc1ccc(Cl)cc1S(=O)(=O)N1CCC[C@H](C(=O)NCc2ccc(Cl)cc2Cl)C1. The molecule has 1 aliphatic heterocycles. The second-order valence-corrected chi connectivity index (χ2v) is 10.1. The molecule has 0 bridgehead atoms. The highest BCUT2D eigenvalue weighted by Gasteiger charge is 2.35. The maximum atomic E-state index is 13.2. The molecule has 30 heavy (non-hydrogen) atoms. The molecular weight excluding hydrogens is 471 g/mol. The molecule has 0 spiro atoms. The monoisotopic (exact) mass is 490 g/mol. The summed E-state index contributed by atoms with van der Waals surface area (Å²) in [5.74, 6) is -0.480. The smallest absolute Gasteiger partial charge is 0.246 e. The predicted octanol–water partition coefficient (Wildman–Crippen LogP) is 4.37. The summed E-state index contributed by atoms with van der Waals surface area (Å²) in [6, 6.07) is 9.49. The molecule has 10 heteroatoms. The van der Waals surface area contributed by atoms with Crippen LogP contribution >= 0.6 is 34.8 Å². The first kappa shape index (κ1) is 23.2. The van der Waals surface area contributed by atoms with Gasteiger partial charge in [-0.3, -0.25) is 4.79 Å². The van der Waals surface area contributed by atoms with E-state index >= 15 is 0 Å². The Bertz CT molecular complexity index is 1050. The lowest BCUT2D eigenvalue weighted by molar-refractivity contribution is -0.126. The van der Waals surface area contributed by atoms with E-state index in [0.717, 1.165) is 5.56 Å². The van der Waals surface area contributed by atoms with Crippen molar-refractivity contribution >= 4 is 50.7 Å². The van der Waals surface area contributed by atoms with Crippen molar-refractivity contribution in [3.05, 3.63) is 57.0 Å². The number of hydrogen-bond donors (Lipinski definition) is 1. The van der Waals surface area contributed by atoms with Gasteiger partial charge in [0, 0.05) is 34.7 Å². The maximum Gasteiger partial charge on any atom is 0.246 e. The molecular formula is C20H21Cl3N2O4S. The third-order valence-corrected chi connectivity index (χ3v) is 7.67. The van der Waals surface area contributed by atoms with Gasteiger partial charge in [0.2, 0.25) is 15.9 Å². The Labute approximate surface area is 191 Å². The lowest BCUT2D eigenvalue weighted by Crippen LogP contribution is -2.45. The number of ether oxygens (including phenoxy) is 1.